The number of methoxy groups -OCH3 is 2. The van der Waals surface area contributed by atoms with Crippen LogP contribution in [0.3, 0.4) is 0 Å². The Bertz CT molecular complexity index is 3600. The third kappa shape index (κ3) is 17.2. The molecular formula is C62H74F4N16O9. The van der Waals surface area contributed by atoms with E-state index in [2.05, 4.69) is 99.5 Å². The summed E-state index contributed by atoms with van der Waals surface area (Å²) in [5.41, 5.74) is 4.26. The lowest BCUT2D eigenvalue weighted by molar-refractivity contribution is -0.165. The number of nitrogens with zero attached hydrogens (tertiary/aromatic N) is 13. The summed E-state index contributed by atoms with van der Waals surface area (Å²) in [6, 6.07) is 25.4. The number of anilines is 6. The predicted octanol–water partition coefficient (Wildman–Crippen LogP) is 6.43. The molecular weight excluding hydrogens is 1190 g/mol. The molecule has 0 radical (unpaired) electrons. The summed E-state index contributed by atoms with van der Waals surface area (Å²) in [4.78, 5) is 58.1. The Morgan fingerprint density at radius 1 is 0.648 bits per heavy atom. The van der Waals surface area contributed by atoms with Gasteiger partial charge >= 0.3 is 11.9 Å². The minimum atomic E-state index is -3.38. The molecule has 4 saturated heterocycles. The molecule has 29 heteroatoms. The molecule has 6 N–H and O–H groups in total. The number of nitriles is 2. The standard InChI is InChI=1S/C31H36F2N8O4.C28H32F2N8O2.C3H6O3/c1-19-16-40(12-11-39(19)3)24-6-8-27(38-29(24)44-4)37-28-14-23(35-18-36-28)21-5-7-25(22(13-21)15-34)45-26-9-10-41(17-31(26,32)33)30(43)20(2)42;1-18-15-38(11-10-37(18)2)22-5-7-25(36-27(22)39-3)35-26-13-21(33-17-34-26)19-4-6-23(20(12-19)14-31)40-24-8-9-32-16-28(24,29)30;1-2(4)3(5)6/h5-8,13-14,18-20,26,42H,9-12,16-17H2,1-4H3,(H,35,36,37,38);4-7,12-13,17-18,24,32H,8-11,15-16H2,1-3H3,(H,33,34,35,36);2,4H,1H3,(H,5,6)/t19-,20+,26?;18-,24?;2-/m001/s1. The molecule has 4 fully saturated rings. The number of carboxylic acid groups (broad SMARTS) is 1. The third-order valence-corrected chi connectivity index (χ3v) is 15.8. The Kier molecular flexibility index (Phi) is 22.3. The molecule has 0 aliphatic carbocycles. The zero-order valence-electron chi connectivity index (χ0n) is 51.6. The van der Waals surface area contributed by atoms with Crippen molar-refractivity contribution in [2.24, 2.45) is 0 Å². The van der Waals surface area contributed by atoms with E-state index in [0.29, 0.717) is 76.2 Å². The number of aliphatic hydroxyl groups is 2. The number of likely N-dealkylation sites (N-methyl/N-ethyl adjacent to an activating group) is 2. The molecule has 484 valence electrons. The lowest BCUT2D eigenvalue weighted by Gasteiger charge is -2.39. The van der Waals surface area contributed by atoms with Crippen LogP contribution in [0.1, 0.15) is 51.7 Å². The van der Waals surface area contributed by atoms with Gasteiger partial charge in [0.2, 0.25) is 11.8 Å². The monoisotopic (exact) mass is 1260 g/mol. The molecule has 25 nitrogen and oxygen atoms in total. The van der Waals surface area contributed by atoms with Crippen LogP contribution in [-0.2, 0) is 9.59 Å². The van der Waals surface area contributed by atoms with Crippen LogP contribution in [0.15, 0.2) is 85.5 Å². The first-order valence-corrected chi connectivity index (χ1v) is 29.4. The number of hydrogen-bond acceptors (Lipinski definition) is 23. The van der Waals surface area contributed by atoms with Crippen molar-refractivity contribution < 1.29 is 61.4 Å². The highest BCUT2D eigenvalue weighted by Crippen LogP contribution is 2.37. The topological polar surface area (TPSA) is 309 Å². The van der Waals surface area contributed by atoms with Crippen molar-refractivity contribution >= 4 is 46.5 Å². The molecule has 6 aromatic rings. The van der Waals surface area contributed by atoms with Gasteiger partial charge in [-0.1, -0.05) is 0 Å². The van der Waals surface area contributed by atoms with Gasteiger partial charge in [0.05, 0.1) is 49.8 Å². The molecule has 0 bridgehead atoms. The average molecular weight is 1260 g/mol. The number of aliphatic hydroxyl groups excluding tert-OH is 2. The summed E-state index contributed by atoms with van der Waals surface area (Å²) in [7, 11) is 7.42. The van der Waals surface area contributed by atoms with Crippen molar-refractivity contribution in [1.82, 2.24) is 49.9 Å². The maximum Gasteiger partial charge on any atom is 0.332 e. The Morgan fingerprint density at radius 3 is 1.51 bits per heavy atom. The highest BCUT2D eigenvalue weighted by atomic mass is 19.3. The van der Waals surface area contributed by atoms with E-state index in [0.717, 1.165) is 55.5 Å². The minimum absolute atomic E-state index is 0.000221. The van der Waals surface area contributed by atoms with Crippen LogP contribution in [0.2, 0.25) is 0 Å². The van der Waals surface area contributed by atoms with Gasteiger partial charge in [0.1, 0.15) is 83.1 Å². The number of nitrogens with one attached hydrogen (secondary N) is 3. The van der Waals surface area contributed by atoms with E-state index in [1.807, 2.05) is 30.3 Å². The number of amides is 1. The van der Waals surface area contributed by atoms with E-state index < -0.39 is 61.2 Å². The number of pyridine rings is 2. The molecule has 8 heterocycles. The number of carboxylic acids is 1. The zero-order valence-corrected chi connectivity index (χ0v) is 51.6. The summed E-state index contributed by atoms with van der Waals surface area (Å²) in [5, 5.41) is 53.8. The number of carbonyl (C=O) groups excluding carboxylic acids is 1. The van der Waals surface area contributed by atoms with Crippen molar-refractivity contribution in [2.75, 3.05) is 114 Å². The fourth-order valence-corrected chi connectivity index (χ4v) is 10.3. The smallest absolute Gasteiger partial charge is 0.332 e. The number of ether oxygens (including phenoxy) is 4. The molecule has 6 atom stereocenters. The van der Waals surface area contributed by atoms with Crippen LogP contribution in [0.25, 0.3) is 22.5 Å². The lowest BCUT2D eigenvalue weighted by atomic mass is 10.0. The average Bonchev–Trinajstić information content (AvgIpc) is 1.19. The number of carbonyl (C=O) groups is 2. The van der Waals surface area contributed by atoms with Gasteiger partial charge in [0.15, 0.2) is 12.2 Å². The summed E-state index contributed by atoms with van der Waals surface area (Å²) in [5.74, 6) is -5.19. The van der Waals surface area contributed by atoms with E-state index in [9.17, 15) is 42.8 Å². The van der Waals surface area contributed by atoms with Gasteiger partial charge in [-0.3, -0.25) is 4.79 Å². The molecule has 0 spiro atoms. The quantitative estimate of drug-likeness (QED) is 0.0569. The van der Waals surface area contributed by atoms with E-state index in [-0.39, 0.29) is 42.0 Å². The van der Waals surface area contributed by atoms with Crippen molar-refractivity contribution in [3.05, 3.63) is 96.6 Å². The number of aromatic nitrogens is 6. The van der Waals surface area contributed by atoms with Crippen LogP contribution < -0.4 is 44.7 Å². The van der Waals surface area contributed by atoms with Crippen LogP contribution in [0.5, 0.6) is 23.3 Å². The molecule has 2 unspecified atom stereocenters. The van der Waals surface area contributed by atoms with Crippen LogP contribution in [0, 0.1) is 22.7 Å². The zero-order chi connectivity index (χ0) is 65.7. The number of rotatable bonds is 16. The second-order valence-electron chi connectivity index (χ2n) is 22.4. The Labute approximate surface area is 524 Å². The molecule has 91 heavy (non-hydrogen) atoms. The molecule has 2 aromatic carbocycles. The van der Waals surface area contributed by atoms with Gasteiger partial charge in [0.25, 0.3) is 11.8 Å². The second kappa shape index (κ2) is 30.0. The SMILES string of the molecule is COc1nc(Nc2cc(-c3ccc(OC4CCN(C(=O)[C@@H](C)O)CC4(F)F)c(C#N)c3)ncn2)ccc1N1CCN(C)[C@@H](C)C1.COc1nc(Nc2cc(-c3ccc(OC4CCNCC4(F)F)c(C#N)c3)ncn2)ccc1N1CCN(C)[C@@H](C)C1.C[C@@H](O)C(=O)O. The molecule has 1 amide bonds. The highest BCUT2D eigenvalue weighted by molar-refractivity contribution is 5.80. The maximum atomic E-state index is 14.9. The summed E-state index contributed by atoms with van der Waals surface area (Å²) < 4.78 is 80.7. The number of piperidine rings is 2. The number of hydrogen-bond donors (Lipinski definition) is 6. The van der Waals surface area contributed by atoms with E-state index in [1.54, 1.807) is 44.6 Å². The highest BCUT2D eigenvalue weighted by Gasteiger charge is 2.48. The number of aliphatic carboxylic acids is 1. The molecule has 4 aliphatic rings. The number of benzene rings is 2. The van der Waals surface area contributed by atoms with Crippen molar-refractivity contribution in [3.63, 3.8) is 0 Å². The molecule has 4 aliphatic heterocycles. The van der Waals surface area contributed by atoms with Gasteiger partial charge in [-0.15, -0.1) is 0 Å². The lowest BCUT2D eigenvalue weighted by Crippen LogP contribution is -2.56. The number of alkyl halides is 4. The predicted molar refractivity (Wildman–Crippen MR) is 330 cm³/mol. The molecule has 0 saturated carbocycles. The van der Waals surface area contributed by atoms with Gasteiger partial charge < -0.3 is 74.7 Å². The Morgan fingerprint density at radius 2 is 1.11 bits per heavy atom. The van der Waals surface area contributed by atoms with Gasteiger partial charge in [-0.05, 0) is 109 Å². The first kappa shape index (κ1) is 67.7. The fourth-order valence-electron chi connectivity index (χ4n) is 10.3. The first-order chi connectivity index (χ1) is 43.4. The van der Waals surface area contributed by atoms with E-state index in [4.69, 9.17) is 29.2 Å². The van der Waals surface area contributed by atoms with E-state index >= 15 is 0 Å². The minimum Gasteiger partial charge on any atom is -0.483 e. The summed E-state index contributed by atoms with van der Waals surface area (Å²) >= 11 is 0. The molecule has 10 rings (SSSR count). The van der Waals surface area contributed by atoms with Crippen molar-refractivity contribution in [3.8, 4) is 57.9 Å². The fraction of sp³-hybridized carbons (Fsp3) is 0.452. The number of piperazine rings is 2. The first-order valence-electron chi connectivity index (χ1n) is 29.4. The van der Waals surface area contributed by atoms with Gasteiger partial charge in [-0.25, -0.2) is 42.3 Å². The van der Waals surface area contributed by atoms with Gasteiger partial charge in [-0.2, -0.15) is 20.5 Å². The Hall–Kier alpha value is -9.26. The molecule has 4 aromatic heterocycles. The number of halogens is 4. The van der Waals surface area contributed by atoms with Crippen LogP contribution in [-0.4, -0.2) is 214 Å². The summed E-state index contributed by atoms with van der Waals surface area (Å²) in [6.45, 7) is 11.3. The number of likely N-dealkylation sites (tertiary alicyclic amines) is 1. The maximum absolute atomic E-state index is 14.9. The van der Waals surface area contributed by atoms with Gasteiger partial charge in [0, 0.05) is 94.0 Å². The van der Waals surface area contributed by atoms with Crippen LogP contribution >= 0.6 is 0 Å². The summed E-state index contributed by atoms with van der Waals surface area (Å²) in [6.07, 6.45) is -2.68. The van der Waals surface area contributed by atoms with Crippen molar-refractivity contribution in [1.29, 1.82) is 10.5 Å². The van der Waals surface area contributed by atoms with Crippen LogP contribution in [0.4, 0.5) is 52.2 Å². The largest absolute Gasteiger partial charge is 0.483 e. The normalized spacial score (nSPS) is 20.3. The van der Waals surface area contributed by atoms with Crippen molar-refractivity contribution in [2.45, 2.75) is 88.9 Å². The second-order valence-corrected chi connectivity index (χ2v) is 22.4. The Balaban J connectivity index is 0.000000216. The third-order valence-electron chi connectivity index (χ3n) is 15.8. The van der Waals surface area contributed by atoms with E-state index in [1.165, 1.54) is 44.7 Å².